The van der Waals surface area contributed by atoms with Crippen molar-refractivity contribution in [2.45, 2.75) is 38.1 Å². The number of halogens is 1. The van der Waals surface area contributed by atoms with E-state index in [2.05, 4.69) is 35.2 Å². The minimum atomic E-state index is 0.0982. The van der Waals surface area contributed by atoms with Gasteiger partial charge in [0.25, 0.3) is 0 Å². The average Bonchev–Trinajstić information content (AvgIpc) is 3.49. The maximum atomic E-state index is 12.8. The number of nitrogens with zero attached hydrogens (tertiary/aromatic N) is 2. The molecule has 3 nitrogen and oxygen atoms in total. The Morgan fingerprint density at radius 1 is 1.11 bits per heavy atom. The molecule has 1 aliphatic carbocycles. The monoisotopic (exact) mass is 382 g/mol. The van der Waals surface area contributed by atoms with Gasteiger partial charge in [0.2, 0.25) is 5.91 Å². The zero-order chi connectivity index (χ0) is 18.8. The van der Waals surface area contributed by atoms with E-state index in [1.807, 2.05) is 30.1 Å². The van der Waals surface area contributed by atoms with E-state index in [9.17, 15) is 4.79 Å². The van der Waals surface area contributed by atoms with Gasteiger partial charge in [-0.3, -0.25) is 4.79 Å². The molecule has 2 fully saturated rings. The van der Waals surface area contributed by atoms with Gasteiger partial charge in [-0.25, -0.2) is 0 Å². The molecule has 0 aromatic heterocycles. The van der Waals surface area contributed by atoms with Crippen molar-refractivity contribution in [3.63, 3.8) is 0 Å². The van der Waals surface area contributed by atoms with E-state index in [0.717, 1.165) is 24.5 Å². The highest BCUT2D eigenvalue weighted by Crippen LogP contribution is 2.48. The van der Waals surface area contributed by atoms with Gasteiger partial charge in [0, 0.05) is 43.3 Å². The number of hydrogen-bond donors (Lipinski definition) is 0. The van der Waals surface area contributed by atoms with Crippen molar-refractivity contribution in [3.8, 4) is 0 Å². The zero-order valence-corrected chi connectivity index (χ0v) is 16.7. The Balaban J connectivity index is 1.33. The molecule has 2 aliphatic rings. The van der Waals surface area contributed by atoms with E-state index in [4.69, 9.17) is 11.6 Å². The minimum Gasteiger partial charge on any atom is -0.372 e. The number of piperidine rings is 1. The van der Waals surface area contributed by atoms with Gasteiger partial charge in [-0.05, 0) is 67.0 Å². The van der Waals surface area contributed by atoms with Crippen LogP contribution in [0.25, 0.3) is 0 Å². The quantitative estimate of drug-likeness (QED) is 0.718. The maximum Gasteiger partial charge on any atom is 0.226 e. The van der Waals surface area contributed by atoms with Crippen LogP contribution in [0.5, 0.6) is 0 Å². The van der Waals surface area contributed by atoms with Crippen LogP contribution in [0.15, 0.2) is 48.5 Å². The summed E-state index contributed by atoms with van der Waals surface area (Å²) in [6, 6.07) is 16.6. The first kappa shape index (κ1) is 18.4. The first-order valence-electron chi connectivity index (χ1n) is 9.96. The van der Waals surface area contributed by atoms with Gasteiger partial charge in [-0.1, -0.05) is 35.9 Å². The molecule has 1 saturated heterocycles. The Labute approximate surface area is 166 Å². The number of anilines is 1. The number of carbonyl (C=O) groups is 1. The molecule has 4 rings (SSSR count). The summed E-state index contributed by atoms with van der Waals surface area (Å²) < 4.78 is 0. The summed E-state index contributed by atoms with van der Waals surface area (Å²) in [6.07, 6.45) is 4.85. The lowest BCUT2D eigenvalue weighted by Gasteiger charge is -2.29. The molecule has 2 unspecified atom stereocenters. The van der Waals surface area contributed by atoms with Gasteiger partial charge in [-0.2, -0.15) is 0 Å². The molecule has 4 heteroatoms. The van der Waals surface area contributed by atoms with E-state index >= 15 is 0 Å². The third-order valence-electron chi connectivity index (χ3n) is 5.84. The van der Waals surface area contributed by atoms with Crippen LogP contribution in [-0.2, 0) is 11.3 Å². The van der Waals surface area contributed by atoms with Gasteiger partial charge in [0.05, 0.1) is 0 Å². The van der Waals surface area contributed by atoms with Crippen molar-refractivity contribution >= 4 is 23.2 Å². The molecule has 1 amide bonds. The molecule has 0 spiro atoms. The Morgan fingerprint density at radius 2 is 1.85 bits per heavy atom. The number of amides is 1. The van der Waals surface area contributed by atoms with E-state index in [1.165, 1.54) is 36.1 Å². The van der Waals surface area contributed by atoms with E-state index in [0.29, 0.717) is 12.5 Å². The number of hydrogen-bond acceptors (Lipinski definition) is 2. The van der Waals surface area contributed by atoms with Crippen molar-refractivity contribution in [3.05, 3.63) is 64.7 Å². The molecule has 27 heavy (non-hydrogen) atoms. The Kier molecular flexibility index (Phi) is 5.40. The van der Waals surface area contributed by atoms with Crippen LogP contribution in [0.2, 0.25) is 5.02 Å². The molecule has 0 N–H and O–H groups in total. The number of carbonyl (C=O) groups excluding carboxylic acids is 1. The van der Waals surface area contributed by atoms with E-state index < -0.39 is 0 Å². The molecular weight excluding hydrogens is 356 g/mol. The third-order valence-corrected chi connectivity index (χ3v) is 6.07. The van der Waals surface area contributed by atoms with Crippen molar-refractivity contribution < 1.29 is 4.79 Å². The topological polar surface area (TPSA) is 23.6 Å². The van der Waals surface area contributed by atoms with Gasteiger partial charge < -0.3 is 9.80 Å². The molecule has 142 valence electrons. The van der Waals surface area contributed by atoms with Crippen molar-refractivity contribution in [2.24, 2.45) is 5.92 Å². The lowest BCUT2D eigenvalue weighted by molar-refractivity contribution is -0.131. The van der Waals surface area contributed by atoms with Crippen LogP contribution in [-0.4, -0.2) is 30.9 Å². The normalized spacial score (nSPS) is 21.8. The van der Waals surface area contributed by atoms with Gasteiger partial charge in [0.15, 0.2) is 0 Å². The SMILES string of the molecule is CN(Cc1ccc(N2CCCCC2)cc1)C(=O)C1CC1c1cccc(Cl)c1. The molecule has 1 aliphatic heterocycles. The second-order valence-electron chi connectivity index (χ2n) is 7.91. The van der Waals surface area contributed by atoms with Crippen LogP contribution >= 0.6 is 11.6 Å². The Hall–Kier alpha value is -2.00. The molecular formula is C23H27ClN2O. The summed E-state index contributed by atoms with van der Waals surface area (Å²) in [6.45, 7) is 2.98. The molecule has 2 aromatic carbocycles. The molecule has 1 saturated carbocycles. The zero-order valence-electron chi connectivity index (χ0n) is 15.9. The van der Waals surface area contributed by atoms with Crippen LogP contribution in [0, 0.1) is 5.92 Å². The molecule has 2 aromatic rings. The molecule has 0 radical (unpaired) electrons. The highest BCUT2D eigenvalue weighted by atomic mass is 35.5. The van der Waals surface area contributed by atoms with Gasteiger partial charge in [-0.15, -0.1) is 0 Å². The first-order chi connectivity index (χ1) is 13.1. The van der Waals surface area contributed by atoms with Gasteiger partial charge >= 0.3 is 0 Å². The van der Waals surface area contributed by atoms with E-state index in [1.54, 1.807) is 0 Å². The molecule has 0 bridgehead atoms. The average molecular weight is 383 g/mol. The predicted octanol–water partition coefficient (Wildman–Crippen LogP) is 5.09. The summed E-state index contributed by atoms with van der Waals surface area (Å²) in [4.78, 5) is 17.1. The van der Waals surface area contributed by atoms with Crippen LogP contribution in [0.3, 0.4) is 0 Å². The van der Waals surface area contributed by atoms with E-state index in [-0.39, 0.29) is 11.8 Å². The molecule has 1 heterocycles. The fraction of sp³-hybridized carbons (Fsp3) is 0.435. The summed E-state index contributed by atoms with van der Waals surface area (Å²) in [5.74, 6) is 0.654. The number of rotatable bonds is 5. The Bertz CT molecular complexity index is 798. The van der Waals surface area contributed by atoms with Gasteiger partial charge in [0.1, 0.15) is 0 Å². The van der Waals surface area contributed by atoms with Crippen molar-refractivity contribution in [1.29, 1.82) is 0 Å². The van der Waals surface area contributed by atoms with Crippen molar-refractivity contribution in [2.75, 3.05) is 25.0 Å². The minimum absolute atomic E-state index is 0.0982. The van der Waals surface area contributed by atoms with Crippen molar-refractivity contribution in [1.82, 2.24) is 4.90 Å². The standard InChI is InChI=1S/C23H27ClN2O/c1-25(23(27)22-15-21(22)18-6-5-7-19(24)14-18)16-17-8-10-20(11-9-17)26-12-3-2-4-13-26/h5-11,14,21-22H,2-4,12-13,15-16H2,1H3. The highest BCUT2D eigenvalue weighted by Gasteiger charge is 2.45. The first-order valence-corrected chi connectivity index (χ1v) is 10.3. The maximum absolute atomic E-state index is 12.8. The van der Waals surface area contributed by atoms with Crippen LogP contribution in [0.1, 0.15) is 42.7 Å². The number of benzene rings is 2. The smallest absolute Gasteiger partial charge is 0.226 e. The fourth-order valence-electron chi connectivity index (χ4n) is 4.17. The second-order valence-corrected chi connectivity index (χ2v) is 8.35. The lowest BCUT2D eigenvalue weighted by Crippen LogP contribution is -2.29. The second kappa shape index (κ2) is 7.93. The summed E-state index contributed by atoms with van der Waals surface area (Å²) >= 11 is 6.08. The summed E-state index contributed by atoms with van der Waals surface area (Å²) in [5, 5.41) is 0.743. The predicted molar refractivity (Wildman–Crippen MR) is 111 cm³/mol. The fourth-order valence-corrected chi connectivity index (χ4v) is 4.37. The largest absolute Gasteiger partial charge is 0.372 e. The Morgan fingerprint density at radius 3 is 2.56 bits per heavy atom. The summed E-state index contributed by atoms with van der Waals surface area (Å²) in [7, 11) is 1.91. The van der Waals surface area contributed by atoms with Crippen LogP contribution in [0.4, 0.5) is 5.69 Å². The van der Waals surface area contributed by atoms with Crippen LogP contribution < -0.4 is 4.90 Å². The lowest BCUT2D eigenvalue weighted by atomic mass is 10.1. The molecule has 2 atom stereocenters. The summed E-state index contributed by atoms with van der Waals surface area (Å²) in [5.41, 5.74) is 3.67. The third kappa shape index (κ3) is 4.30. The highest BCUT2D eigenvalue weighted by molar-refractivity contribution is 6.30.